The zero-order valence-corrected chi connectivity index (χ0v) is 14.8. The van der Waals surface area contributed by atoms with Crippen LogP contribution in [0.15, 0.2) is 42.5 Å². The first kappa shape index (κ1) is 16.2. The largest absolute Gasteiger partial charge is 0.384 e. The van der Waals surface area contributed by atoms with Crippen LogP contribution in [-0.4, -0.2) is 48.4 Å². The molecule has 1 N–H and O–H groups in total. The fourth-order valence-electron chi connectivity index (χ4n) is 3.77. The van der Waals surface area contributed by atoms with E-state index in [2.05, 4.69) is 28.4 Å². The topological polar surface area (TPSA) is 35.6 Å². The lowest BCUT2D eigenvalue weighted by Crippen LogP contribution is -2.48. The number of carbonyl (C=O) groups is 1. The maximum atomic E-state index is 12.6. The van der Waals surface area contributed by atoms with Crippen LogP contribution in [0.25, 0.3) is 0 Å². The molecule has 0 atom stereocenters. The molecule has 2 heterocycles. The number of hydrogen-bond acceptors (Lipinski definition) is 3. The molecule has 4 rings (SSSR count). The first-order valence-corrected chi connectivity index (χ1v) is 9.13. The third-order valence-corrected chi connectivity index (χ3v) is 5.29. The normalized spacial score (nSPS) is 17.2. The van der Waals surface area contributed by atoms with Crippen molar-refractivity contribution < 1.29 is 4.79 Å². The van der Waals surface area contributed by atoms with Crippen LogP contribution < -0.4 is 5.32 Å². The minimum absolute atomic E-state index is 0.155. The summed E-state index contributed by atoms with van der Waals surface area (Å²) in [6.45, 7) is 7.52. The Hall–Kier alpha value is -2.33. The molecule has 0 spiro atoms. The Morgan fingerprint density at radius 3 is 2.56 bits per heavy atom. The van der Waals surface area contributed by atoms with Crippen molar-refractivity contribution in [1.82, 2.24) is 9.80 Å². The van der Waals surface area contributed by atoms with Crippen molar-refractivity contribution in [3.8, 4) is 0 Å². The van der Waals surface area contributed by atoms with E-state index in [9.17, 15) is 4.79 Å². The van der Waals surface area contributed by atoms with E-state index in [-0.39, 0.29) is 5.91 Å². The first-order chi connectivity index (χ1) is 12.2. The highest BCUT2D eigenvalue weighted by molar-refractivity contribution is 5.94. The Kier molecular flexibility index (Phi) is 4.45. The van der Waals surface area contributed by atoms with Gasteiger partial charge < -0.3 is 10.2 Å². The van der Waals surface area contributed by atoms with Crippen LogP contribution in [0.3, 0.4) is 0 Å². The molecule has 1 saturated heterocycles. The third-order valence-electron chi connectivity index (χ3n) is 5.29. The predicted octanol–water partition coefficient (Wildman–Crippen LogP) is 2.92. The van der Waals surface area contributed by atoms with Gasteiger partial charge in [-0.1, -0.05) is 35.9 Å². The van der Waals surface area contributed by atoms with Gasteiger partial charge in [0.2, 0.25) is 0 Å². The average Bonchev–Trinajstić information content (AvgIpc) is 3.12. The number of piperazine rings is 1. The molecule has 0 saturated carbocycles. The first-order valence-electron chi connectivity index (χ1n) is 9.13. The van der Waals surface area contributed by atoms with Gasteiger partial charge in [0.1, 0.15) is 0 Å². The molecular formula is C21H25N3O. The highest BCUT2D eigenvalue weighted by Crippen LogP contribution is 2.27. The number of benzene rings is 2. The van der Waals surface area contributed by atoms with Gasteiger partial charge in [0.15, 0.2) is 0 Å². The van der Waals surface area contributed by atoms with Crippen molar-refractivity contribution in [2.45, 2.75) is 19.9 Å². The van der Waals surface area contributed by atoms with Gasteiger partial charge in [0, 0.05) is 50.5 Å². The molecule has 2 aliphatic heterocycles. The molecule has 0 bridgehead atoms. The molecule has 1 amide bonds. The summed E-state index contributed by atoms with van der Waals surface area (Å²) in [7, 11) is 0. The van der Waals surface area contributed by atoms with E-state index in [0.29, 0.717) is 0 Å². The number of fused-ring (bicyclic) bond motifs is 1. The second-order valence-corrected chi connectivity index (χ2v) is 7.06. The quantitative estimate of drug-likeness (QED) is 0.937. The Bertz CT molecular complexity index is 761. The Balaban J connectivity index is 1.36. The van der Waals surface area contributed by atoms with Crippen molar-refractivity contribution in [2.75, 3.05) is 38.0 Å². The minimum Gasteiger partial charge on any atom is -0.384 e. The summed E-state index contributed by atoms with van der Waals surface area (Å²) >= 11 is 0. The van der Waals surface area contributed by atoms with E-state index in [1.807, 2.05) is 36.1 Å². The maximum absolute atomic E-state index is 12.6. The van der Waals surface area contributed by atoms with Gasteiger partial charge in [0.05, 0.1) is 0 Å². The lowest BCUT2D eigenvalue weighted by molar-refractivity contribution is 0.0628. The summed E-state index contributed by atoms with van der Waals surface area (Å²) in [4.78, 5) is 17.1. The molecule has 4 nitrogen and oxygen atoms in total. The van der Waals surface area contributed by atoms with Crippen molar-refractivity contribution in [3.63, 3.8) is 0 Å². The molecule has 2 aromatic carbocycles. The van der Waals surface area contributed by atoms with Gasteiger partial charge in [-0.05, 0) is 36.6 Å². The Morgan fingerprint density at radius 1 is 1.04 bits per heavy atom. The van der Waals surface area contributed by atoms with Crippen LogP contribution in [-0.2, 0) is 13.0 Å². The average molecular weight is 335 g/mol. The fourth-order valence-corrected chi connectivity index (χ4v) is 3.77. The van der Waals surface area contributed by atoms with Crippen LogP contribution in [0.1, 0.15) is 27.0 Å². The number of carbonyl (C=O) groups excluding carboxylic acids is 1. The van der Waals surface area contributed by atoms with Crippen molar-refractivity contribution >= 4 is 11.6 Å². The molecule has 130 valence electrons. The molecule has 0 unspecified atom stereocenters. The summed E-state index contributed by atoms with van der Waals surface area (Å²) in [5.41, 5.74) is 6.13. The van der Waals surface area contributed by atoms with Crippen LogP contribution in [0.2, 0.25) is 0 Å². The third kappa shape index (κ3) is 3.40. The number of nitrogens with zero attached hydrogens (tertiary/aromatic N) is 2. The van der Waals surface area contributed by atoms with E-state index in [1.54, 1.807) is 0 Å². The monoisotopic (exact) mass is 335 g/mol. The van der Waals surface area contributed by atoms with Crippen molar-refractivity contribution in [3.05, 3.63) is 64.7 Å². The standard InChI is InChI=1S/C21H25N3O/c1-16-5-7-18(8-6-16)21(25)24-13-11-23(12-14-24)15-19-4-2-3-17-9-10-22-20(17)19/h2-8,22H,9-15H2,1H3. The number of para-hydroxylation sites is 1. The number of rotatable bonds is 3. The smallest absolute Gasteiger partial charge is 0.253 e. The van der Waals surface area contributed by atoms with Gasteiger partial charge in [-0.3, -0.25) is 9.69 Å². The van der Waals surface area contributed by atoms with E-state index >= 15 is 0 Å². The van der Waals surface area contributed by atoms with Crippen molar-refractivity contribution in [1.29, 1.82) is 0 Å². The summed E-state index contributed by atoms with van der Waals surface area (Å²) in [6, 6.07) is 14.5. The van der Waals surface area contributed by atoms with Crippen LogP contribution in [0.5, 0.6) is 0 Å². The summed E-state index contributed by atoms with van der Waals surface area (Å²) in [5.74, 6) is 0.155. The van der Waals surface area contributed by atoms with Crippen LogP contribution in [0, 0.1) is 6.92 Å². The zero-order valence-electron chi connectivity index (χ0n) is 14.8. The minimum atomic E-state index is 0.155. The summed E-state index contributed by atoms with van der Waals surface area (Å²) in [5, 5.41) is 3.52. The molecule has 2 aromatic rings. The molecule has 1 fully saturated rings. The highest BCUT2D eigenvalue weighted by atomic mass is 16.2. The van der Waals surface area contributed by atoms with Crippen molar-refractivity contribution in [2.24, 2.45) is 0 Å². The maximum Gasteiger partial charge on any atom is 0.253 e. The number of aryl methyl sites for hydroxylation is 1. The molecule has 4 heteroatoms. The SMILES string of the molecule is Cc1ccc(C(=O)N2CCN(Cc3cccc4c3NCC4)CC2)cc1. The molecule has 0 aromatic heterocycles. The molecule has 0 radical (unpaired) electrons. The van der Waals surface area contributed by atoms with Crippen LogP contribution >= 0.6 is 0 Å². The highest BCUT2D eigenvalue weighted by Gasteiger charge is 2.23. The van der Waals surface area contributed by atoms with Gasteiger partial charge >= 0.3 is 0 Å². The van der Waals surface area contributed by atoms with Gasteiger partial charge in [-0.15, -0.1) is 0 Å². The lowest BCUT2D eigenvalue weighted by atomic mass is 10.1. The molecule has 25 heavy (non-hydrogen) atoms. The lowest BCUT2D eigenvalue weighted by Gasteiger charge is -2.35. The number of nitrogens with one attached hydrogen (secondary N) is 1. The zero-order chi connectivity index (χ0) is 17.2. The second-order valence-electron chi connectivity index (χ2n) is 7.06. The van der Waals surface area contributed by atoms with E-state index in [4.69, 9.17) is 0 Å². The van der Waals surface area contributed by atoms with E-state index in [1.165, 1.54) is 22.4 Å². The van der Waals surface area contributed by atoms with E-state index in [0.717, 1.165) is 51.3 Å². The van der Waals surface area contributed by atoms with Gasteiger partial charge in [-0.2, -0.15) is 0 Å². The number of hydrogen-bond donors (Lipinski definition) is 1. The van der Waals surface area contributed by atoms with Gasteiger partial charge in [0.25, 0.3) is 5.91 Å². The van der Waals surface area contributed by atoms with Gasteiger partial charge in [-0.25, -0.2) is 0 Å². The second kappa shape index (κ2) is 6.89. The molecule has 2 aliphatic rings. The number of anilines is 1. The fraction of sp³-hybridized carbons (Fsp3) is 0.381. The predicted molar refractivity (Wildman–Crippen MR) is 101 cm³/mol. The molecular weight excluding hydrogens is 310 g/mol. The van der Waals surface area contributed by atoms with Crippen LogP contribution in [0.4, 0.5) is 5.69 Å². The Morgan fingerprint density at radius 2 is 1.80 bits per heavy atom. The Labute approximate surface area is 149 Å². The van der Waals surface area contributed by atoms with E-state index < -0.39 is 0 Å². The summed E-state index contributed by atoms with van der Waals surface area (Å²) < 4.78 is 0. The number of amides is 1. The molecule has 0 aliphatic carbocycles. The summed E-state index contributed by atoms with van der Waals surface area (Å²) in [6.07, 6.45) is 1.13.